The Morgan fingerprint density at radius 1 is 1.44 bits per heavy atom. The lowest BCUT2D eigenvalue weighted by atomic mass is 10.2. The van der Waals surface area contributed by atoms with Gasteiger partial charge in [-0.1, -0.05) is 13.8 Å². The van der Waals surface area contributed by atoms with Gasteiger partial charge in [-0.2, -0.15) is 0 Å². The largest absolute Gasteiger partial charge is 0.384 e. The molecule has 0 bridgehead atoms. The van der Waals surface area contributed by atoms with E-state index in [-0.39, 0.29) is 0 Å². The van der Waals surface area contributed by atoms with E-state index >= 15 is 0 Å². The average Bonchev–Trinajstić information content (AvgIpc) is 2.99. The molecule has 3 rings (SSSR count). The quantitative estimate of drug-likeness (QED) is 0.839. The minimum atomic E-state index is 0.439. The number of nitrogens with zero attached hydrogens (tertiary/aromatic N) is 3. The summed E-state index contributed by atoms with van der Waals surface area (Å²) in [7, 11) is 0. The molecular weight excluding hydrogens is 200 g/mol. The Balaban J connectivity index is 2.29. The van der Waals surface area contributed by atoms with E-state index in [1.165, 1.54) is 12.8 Å². The predicted octanol–water partition coefficient (Wildman–Crippen LogP) is 2.47. The van der Waals surface area contributed by atoms with Crippen molar-refractivity contribution in [2.45, 2.75) is 38.6 Å². The molecule has 2 heterocycles. The Kier molecular flexibility index (Phi) is 1.93. The van der Waals surface area contributed by atoms with E-state index in [0.29, 0.717) is 17.8 Å². The first-order chi connectivity index (χ1) is 7.66. The van der Waals surface area contributed by atoms with E-state index in [1.807, 2.05) is 6.07 Å². The van der Waals surface area contributed by atoms with E-state index < -0.39 is 0 Å². The molecular formula is C12H16N4. The zero-order chi connectivity index (χ0) is 11.3. The standard InChI is InChI=1S/C12H16N4/c1-7(2)12-15-9-6-14-11(13)5-10(9)16(12)8-3-4-8/h5-8H,3-4H2,1-2H3,(H2,13,14). The van der Waals surface area contributed by atoms with Crippen molar-refractivity contribution in [3.05, 3.63) is 18.1 Å². The number of hydrogen-bond donors (Lipinski definition) is 1. The van der Waals surface area contributed by atoms with Gasteiger partial charge < -0.3 is 10.3 Å². The van der Waals surface area contributed by atoms with Gasteiger partial charge in [-0.3, -0.25) is 0 Å². The maximum atomic E-state index is 5.75. The molecule has 4 nitrogen and oxygen atoms in total. The van der Waals surface area contributed by atoms with Gasteiger partial charge in [-0.25, -0.2) is 9.97 Å². The third-order valence-electron chi connectivity index (χ3n) is 3.05. The minimum absolute atomic E-state index is 0.439. The summed E-state index contributed by atoms with van der Waals surface area (Å²) in [6.45, 7) is 4.35. The molecule has 1 fully saturated rings. The van der Waals surface area contributed by atoms with Crippen molar-refractivity contribution in [3.63, 3.8) is 0 Å². The summed E-state index contributed by atoms with van der Waals surface area (Å²) in [4.78, 5) is 8.76. The molecule has 2 aromatic rings. The number of imidazole rings is 1. The van der Waals surface area contributed by atoms with Gasteiger partial charge in [0.25, 0.3) is 0 Å². The van der Waals surface area contributed by atoms with E-state index in [0.717, 1.165) is 16.9 Å². The molecule has 16 heavy (non-hydrogen) atoms. The van der Waals surface area contributed by atoms with Crippen molar-refractivity contribution < 1.29 is 0 Å². The average molecular weight is 216 g/mol. The molecule has 2 N–H and O–H groups in total. The highest BCUT2D eigenvalue weighted by atomic mass is 15.1. The second kappa shape index (κ2) is 3.20. The van der Waals surface area contributed by atoms with Gasteiger partial charge in [0.1, 0.15) is 17.2 Å². The van der Waals surface area contributed by atoms with E-state index in [1.54, 1.807) is 6.20 Å². The maximum absolute atomic E-state index is 5.75. The number of hydrogen-bond acceptors (Lipinski definition) is 3. The van der Waals surface area contributed by atoms with Crippen molar-refractivity contribution in [1.82, 2.24) is 14.5 Å². The summed E-state index contributed by atoms with van der Waals surface area (Å²) in [5.41, 5.74) is 7.85. The highest BCUT2D eigenvalue weighted by Gasteiger charge is 2.29. The third kappa shape index (κ3) is 1.37. The first kappa shape index (κ1) is 9.63. The minimum Gasteiger partial charge on any atom is -0.384 e. The summed E-state index contributed by atoms with van der Waals surface area (Å²) >= 11 is 0. The third-order valence-corrected chi connectivity index (χ3v) is 3.05. The molecule has 0 amide bonds. The smallest absolute Gasteiger partial charge is 0.125 e. The van der Waals surface area contributed by atoms with Gasteiger partial charge in [0.05, 0.1) is 11.7 Å². The summed E-state index contributed by atoms with van der Waals surface area (Å²) in [5.74, 6) is 2.17. The van der Waals surface area contributed by atoms with Crippen molar-refractivity contribution in [2.75, 3.05) is 5.73 Å². The topological polar surface area (TPSA) is 56.7 Å². The second-order valence-corrected chi connectivity index (χ2v) is 4.82. The molecule has 1 aliphatic carbocycles. The Morgan fingerprint density at radius 3 is 2.81 bits per heavy atom. The number of rotatable bonds is 2. The number of nitrogens with two attached hydrogens (primary N) is 1. The zero-order valence-electron chi connectivity index (χ0n) is 9.64. The Bertz CT molecular complexity index is 537. The van der Waals surface area contributed by atoms with Crippen LogP contribution >= 0.6 is 0 Å². The lowest BCUT2D eigenvalue weighted by molar-refractivity contribution is 0.655. The highest BCUT2D eigenvalue weighted by molar-refractivity contribution is 5.78. The number of anilines is 1. The molecule has 0 aromatic carbocycles. The lowest BCUT2D eigenvalue weighted by Crippen LogP contribution is -2.03. The van der Waals surface area contributed by atoms with Gasteiger partial charge in [0, 0.05) is 18.0 Å². The van der Waals surface area contributed by atoms with Crippen LogP contribution in [0.25, 0.3) is 11.0 Å². The zero-order valence-corrected chi connectivity index (χ0v) is 9.64. The normalized spacial score (nSPS) is 16.2. The summed E-state index contributed by atoms with van der Waals surface area (Å²) in [5, 5.41) is 0. The number of aromatic nitrogens is 3. The van der Waals surface area contributed by atoms with Gasteiger partial charge in [-0.15, -0.1) is 0 Å². The van der Waals surface area contributed by atoms with Crippen LogP contribution in [0.15, 0.2) is 12.3 Å². The van der Waals surface area contributed by atoms with Crippen LogP contribution in [0.4, 0.5) is 5.82 Å². The van der Waals surface area contributed by atoms with Gasteiger partial charge >= 0.3 is 0 Å². The molecule has 0 atom stereocenters. The molecule has 2 aromatic heterocycles. The summed E-state index contributed by atoms with van der Waals surface area (Å²) in [6, 6.07) is 2.57. The molecule has 0 saturated heterocycles. The predicted molar refractivity (Wildman–Crippen MR) is 64.3 cm³/mol. The van der Waals surface area contributed by atoms with E-state index in [9.17, 15) is 0 Å². The van der Waals surface area contributed by atoms with Crippen LogP contribution in [-0.2, 0) is 0 Å². The lowest BCUT2D eigenvalue weighted by Gasteiger charge is -2.09. The van der Waals surface area contributed by atoms with Crippen molar-refractivity contribution in [2.24, 2.45) is 0 Å². The number of pyridine rings is 1. The van der Waals surface area contributed by atoms with Crippen LogP contribution in [0.2, 0.25) is 0 Å². The summed E-state index contributed by atoms with van der Waals surface area (Å²) in [6.07, 6.45) is 4.29. The molecule has 0 unspecified atom stereocenters. The van der Waals surface area contributed by atoms with Crippen LogP contribution in [0.3, 0.4) is 0 Å². The Morgan fingerprint density at radius 2 is 2.19 bits per heavy atom. The van der Waals surface area contributed by atoms with Gasteiger partial charge in [-0.05, 0) is 12.8 Å². The van der Waals surface area contributed by atoms with Crippen LogP contribution in [0, 0.1) is 0 Å². The fourth-order valence-corrected chi connectivity index (χ4v) is 2.16. The van der Waals surface area contributed by atoms with Crippen LogP contribution in [0.5, 0.6) is 0 Å². The molecule has 4 heteroatoms. The van der Waals surface area contributed by atoms with E-state index in [2.05, 4.69) is 28.4 Å². The fraction of sp³-hybridized carbons (Fsp3) is 0.500. The van der Waals surface area contributed by atoms with Crippen LogP contribution < -0.4 is 5.73 Å². The van der Waals surface area contributed by atoms with E-state index in [4.69, 9.17) is 5.73 Å². The monoisotopic (exact) mass is 216 g/mol. The van der Waals surface area contributed by atoms with Crippen molar-refractivity contribution >= 4 is 16.9 Å². The summed E-state index contributed by atoms with van der Waals surface area (Å²) < 4.78 is 2.35. The number of nitrogen functional groups attached to an aromatic ring is 1. The second-order valence-electron chi connectivity index (χ2n) is 4.82. The fourth-order valence-electron chi connectivity index (χ4n) is 2.16. The Labute approximate surface area is 94.5 Å². The van der Waals surface area contributed by atoms with Crippen molar-refractivity contribution in [1.29, 1.82) is 0 Å². The van der Waals surface area contributed by atoms with Gasteiger partial charge in [0.2, 0.25) is 0 Å². The first-order valence-electron chi connectivity index (χ1n) is 5.80. The molecule has 0 aliphatic heterocycles. The molecule has 1 saturated carbocycles. The number of fused-ring (bicyclic) bond motifs is 1. The first-order valence-corrected chi connectivity index (χ1v) is 5.80. The molecule has 0 spiro atoms. The maximum Gasteiger partial charge on any atom is 0.125 e. The SMILES string of the molecule is CC(C)c1nc2cnc(N)cc2n1C1CC1. The Hall–Kier alpha value is -1.58. The van der Waals surface area contributed by atoms with Crippen molar-refractivity contribution in [3.8, 4) is 0 Å². The van der Waals surface area contributed by atoms with Crippen LogP contribution in [0.1, 0.15) is 44.5 Å². The highest BCUT2D eigenvalue weighted by Crippen LogP contribution is 2.40. The molecule has 84 valence electrons. The molecule has 0 radical (unpaired) electrons. The van der Waals surface area contributed by atoms with Crippen LogP contribution in [-0.4, -0.2) is 14.5 Å². The molecule has 1 aliphatic rings. The van der Waals surface area contributed by atoms with Gasteiger partial charge in [0.15, 0.2) is 0 Å².